The Labute approximate surface area is 68.2 Å². The highest BCUT2D eigenvalue weighted by Crippen LogP contribution is 2.29. The fourth-order valence-corrected chi connectivity index (χ4v) is 1.42. The molecule has 0 aliphatic carbocycles. The van der Waals surface area contributed by atoms with Crippen molar-refractivity contribution in [3.05, 3.63) is 16.6 Å². The van der Waals surface area contributed by atoms with Crippen LogP contribution in [-0.2, 0) is 5.41 Å². The van der Waals surface area contributed by atoms with Crippen LogP contribution in [0.3, 0.4) is 0 Å². The van der Waals surface area contributed by atoms with Crippen LogP contribution in [0.25, 0.3) is 0 Å². The van der Waals surface area contributed by atoms with E-state index in [1.165, 1.54) is 0 Å². The highest BCUT2D eigenvalue weighted by Gasteiger charge is 2.24. The first-order valence-corrected chi connectivity index (χ1v) is 4.01. The molecule has 1 aromatic rings. The number of hydrogen-bond acceptors (Lipinski definition) is 2. The second-order valence-corrected chi connectivity index (χ2v) is 4.14. The molecule has 0 aromatic carbocycles. The van der Waals surface area contributed by atoms with Gasteiger partial charge in [0.05, 0.1) is 4.88 Å². The van der Waals surface area contributed by atoms with Crippen LogP contribution in [-0.4, -0.2) is 4.37 Å². The molecule has 0 spiro atoms. The minimum absolute atomic E-state index is 0.355. The number of nitrogens with zero attached hydrogens (tertiary/aromatic N) is 1. The van der Waals surface area contributed by atoms with Gasteiger partial charge in [-0.3, -0.25) is 0 Å². The molecule has 0 saturated carbocycles. The monoisotopic (exact) mass is 177 g/mol. The second kappa shape index (κ2) is 2.52. The third-order valence-electron chi connectivity index (χ3n) is 1.28. The Morgan fingerprint density at radius 1 is 1.27 bits per heavy atom. The van der Waals surface area contributed by atoms with E-state index < -0.39 is 11.8 Å². The molecule has 11 heavy (non-hydrogen) atoms. The van der Waals surface area contributed by atoms with Gasteiger partial charge in [-0.05, 0) is 11.5 Å². The molecular weight excluding hydrogens is 168 g/mol. The first-order valence-electron chi connectivity index (χ1n) is 3.24. The van der Waals surface area contributed by atoms with Crippen molar-refractivity contribution in [1.29, 1.82) is 0 Å². The Hall–Kier alpha value is -0.510. The van der Waals surface area contributed by atoms with Crippen molar-refractivity contribution >= 4 is 11.5 Å². The molecule has 4 heteroatoms. The molecule has 1 heterocycles. The van der Waals surface area contributed by atoms with Crippen molar-refractivity contribution in [2.75, 3.05) is 0 Å². The minimum Gasteiger partial charge on any atom is -0.201 e. The summed E-state index contributed by atoms with van der Waals surface area (Å²) >= 11 is 0.883. The van der Waals surface area contributed by atoms with E-state index in [9.17, 15) is 8.78 Å². The van der Waals surface area contributed by atoms with Gasteiger partial charge in [0.15, 0.2) is 5.82 Å². The van der Waals surface area contributed by atoms with Crippen LogP contribution >= 0.6 is 11.5 Å². The zero-order valence-corrected chi connectivity index (χ0v) is 7.43. The van der Waals surface area contributed by atoms with Crippen LogP contribution in [0.2, 0.25) is 0 Å². The van der Waals surface area contributed by atoms with Crippen molar-refractivity contribution in [3.63, 3.8) is 0 Å². The fourth-order valence-electron chi connectivity index (χ4n) is 0.726. The standard InChI is InChI=1S/C7H9F2NS/c1-7(2,3)5-4(8)6(9)10-11-5/h1-3H3. The summed E-state index contributed by atoms with van der Waals surface area (Å²) in [6, 6.07) is 0. The van der Waals surface area contributed by atoms with Crippen LogP contribution in [0.4, 0.5) is 8.78 Å². The van der Waals surface area contributed by atoms with Gasteiger partial charge in [0.2, 0.25) is 0 Å². The molecule has 1 rings (SSSR count). The average Bonchev–Trinajstić information content (AvgIpc) is 2.11. The molecule has 0 unspecified atom stereocenters. The predicted molar refractivity (Wildman–Crippen MR) is 40.7 cm³/mol. The molecule has 0 fully saturated rings. The van der Waals surface area contributed by atoms with Crippen LogP contribution < -0.4 is 0 Å². The Kier molecular flexibility index (Phi) is 1.96. The van der Waals surface area contributed by atoms with E-state index >= 15 is 0 Å². The average molecular weight is 177 g/mol. The van der Waals surface area contributed by atoms with Gasteiger partial charge in [0.1, 0.15) is 0 Å². The lowest BCUT2D eigenvalue weighted by Gasteiger charge is -2.14. The highest BCUT2D eigenvalue weighted by molar-refractivity contribution is 7.05. The highest BCUT2D eigenvalue weighted by atomic mass is 32.1. The summed E-state index contributed by atoms with van der Waals surface area (Å²) in [6.45, 7) is 5.47. The van der Waals surface area contributed by atoms with Gasteiger partial charge in [0.25, 0.3) is 5.95 Å². The zero-order valence-electron chi connectivity index (χ0n) is 6.61. The van der Waals surface area contributed by atoms with E-state index in [0.717, 1.165) is 11.5 Å². The summed E-state index contributed by atoms with van der Waals surface area (Å²) in [7, 11) is 0. The predicted octanol–water partition coefficient (Wildman–Crippen LogP) is 2.72. The molecule has 0 aliphatic heterocycles. The van der Waals surface area contributed by atoms with Crippen LogP contribution in [0.1, 0.15) is 25.6 Å². The van der Waals surface area contributed by atoms with E-state index in [1.807, 2.05) is 20.8 Å². The van der Waals surface area contributed by atoms with E-state index in [4.69, 9.17) is 0 Å². The summed E-state index contributed by atoms with van der Waals surface area (Å²) in [5.41, 5.74) is -0.355. The van der Waals surface area contributed by atoms with E-state index in [-0.39, 0.29) is 5.41 Å². The summed E-state index contributed by atoms with van der Waals surface area (Å²) < 4.78 is 28.5. The van der Waals surface area contributed by atoms with Gasteiger partial charge in [-0.2, -0.15) is 8.76 Å². The van der Waals surface area contributed by atoms with Gasteiger partial charge < -0.3 is 0 Å². The fraction of sp³-hybridized carbons (Fsp3) is 0.571. The van der Waals surface area contributed by atoms with Crippen LogP contribution in [0, 0.1) is 11.8 Å². The molecule has 0 saturated heterocycles. The van der Waals surface area contributed by atoms with Gasteiger partial charge in [-0.1, -0.05) is 20.8 Å². The third kappa shape index (κ3) is 1.56. The Bertz CT molecular complexity index is 262. The molecular formula is C7H9F2NS. The molecule has 0 aliphatic rings. The first-order chi connectivity index (χ1) is 4.93. The van der Waals surface area contributed by atoms with Gasteiger partial charge >= 0.3 is 0 Å². The van der Waals surface area contributed by atoms with Crippen molar-refractivity contribution in [1.82, 2.24) is 4.37 Å². The molecule has 0 bridgehead atoms. The SMILES string of the molecule is CC(C)(C)c1snc(F)c1F. The van der Waals surface area contributed by atoms with E-state index in [1.54, 1.807) is 0 Å². The molecule has 0 amide bonds. The maximum absolute atomic E-state index is 12.8. The first kappa shape index (κ1) is 8.59. The van der Waals surface area contributed by atoms with Gasteiger partial charge in [-0.25, -0.2) is 4.39 Å². The number of halogens is 2. The van der Waals surface area contributed by atoms with E-state index in [0.29, 0.717) is 4.88 Å². The Balaban J connectivity index is 3.15. The van der Waals surface area contributed by atoms with Crippen molar-refractivity contribution in [3.8, 4) is 0 Å². The number of aromatic nitrogens is 1. The summed E-state index contributed by atoms with van der Waals surface area (Å²) in [6.07, 6.45) is 0. The maximum atomic E-state index is 12.8. The number of hydrogen-bond donors (Lipinski definition) is 0. The largest absolute Gasteiger partial charge is 0.260 e. The Morgan fingerprint density at radius 3 is 2.00 bits per heavy atom. The molecule has 0 N–H and O–H groups in total. The summed E-state index contributed by atoms with van der Waals surface area (Å²) in [5.74, 6) is -1.79. The van der Waals surface area contributed by atoms with Gasteiger partial charge in [0, 0.05) is 5.41 Å². The topological polar surface area (TPSA) is 12.9 Å². The Morgan fingerprint density at radius 2 is 1.82 bits per heavy atom. The number of rotatable bonds is 0. The molecule has 1 aromatic heterocycles. The van der Waals surface area contributed by atoms with Crippen molar-refractivity contribution in [2.24, 2.45) is 0 Å². The zero-order chi connectivity index (χ0) is 8.65. The lowest BCUT2D eigenvalue weighted by molar-refractivity contribution is 0.466. The molecule has 62 valence electrons. The molecule has 1 nitrogen and oxygen atoms in total. The second-order valence-electron chi connectivity index (χ2n) is 3.37. The van der Waals surface area contributed by atoms with Gasteiger partial charge in [-0.15, -0.1) is 0 Å². The van der Waals surface area contributed by atoms with E-state index in [2.05, 4.69) is 4.37 Å². The molecule has 0 radical (unpaired) electrons. The van der Waals surface area contributed by atoms with Crippen molar-refractivity contribution in [2.45, 2.75) is 26.2 Å². The molecule has 0 atom stereocenters. The summed E-state index contributed by atoms with van der Waals surface area (Å²) in [5, 5.41) is 0. The lowest BCUT2D eigenvalue weighted by atomic mass is 9.94. The van der Waals surface area contributed by atoms with Crippen molar-refractivity contribution < 1.29 is 8.78 Å². The third-order valence-corrected chi connectivity index (χ3v) is 2.50. The quantitative estimate of drug-likeness (QED) is 0.593. The van der Waals surface area contributed by atoms with Crippen LogP contribution in [0.15, 0.2) is 0 Å². The lowest BCUT2D eigenvalue weighted by Crippen LogP contribution is -2.10. The maximum Gasteiger partial charge on any atom is 0.260 e. The summed E-state index contributed by atoms with van der Waals surface area (Å²) in [4.78, 5) is 0.370. The van der Waals surface area contributed by atoms with Crippen LogP contribution in [0.5, 0.6) is 0 Å². The minimum atomic E-state index is -0.986. The normalized spacial score (nSPS) is 12.1. The smallest absolute Gasteiger partial charge is 0.201 e.